The lowest BCUT2D eigenvalue weighted by atomic mass is 10.1. The summed E-state index contributed by atoms with van der Waals surface area (Å²) in [5.41, 5.74) is 10.2. The molecular formula is C15H34N2O4. The Morgan fingerprint density at radius 3 is 1.10 bits per heavy atom. The molecule has 0 aliphatic carbocycles. The molecule has 128 valence electrons. The Hall–Kier alpha value is -1.14. The fourth-order valence-corrected chi connectivity index (χ4v) is 1.08. The number of carboxylic acids is 2. The van der Waals surface area contributed by atoms with Crippen LogP contribution in [-0.4, -0.2) is 34.2 Å². The number of hydrogen-bond donors (Lipinski definition) is 4. The highest BCUT2D eigenvalue weighted by Crippen LogP contribution is 2.06. The third-order valence-electron chi connectivity index (χ3n) is 1.78. The van der Waals surface area contributed by atoms with E-state index in [0.717, 1.165) is 19.3 Å². The number of nitrogens with two attached hydrogens (primary N) is 2. The first-order chi connectivity index (χ1) is 9.59. The minimum atomic E-state index is -0.759. The van der Waals surface area contributed by atoms with Crippen molar-refractivity contribution in [3.05, 3.63) is 0 Å². The van der Waals surface area contributed by atoms with E-state index >= 15 is 0 Å². The molecule has 6 nitrogen and oxygen atoms in total. The molecule has 6 N–H and O–H groups in total. The molecule has 0 aromatic heterocycles. The maximum atomic E-state index is 10.1. The third-order valence-corrected chi connectivity index (χ3v) is 1.78. The van der Waals surface area contributed by atoms with Crippen LogP contribution in [0.5, 0.6) is 0 Å². The molecule has 0 amide bonds. The standard InChI is InChI=1S/C9H16O4.2C3H9N/c10-8(11)6-4-2-1-3-5-7-9(12)13;2*1-3(2)4/h1-7H2,(H,10,11)(H,12,13);2*3H,4H2,1-2H3. The highest BCUT2D eigenvalue weighted by molar-refractivity contribution is 5.66. The monoisotopic (exact) mass is 306 g/mol. The second-order valence-electron chi connectivity index (χ2n) is 5.54. The maximum Gasteiger partial charge on any atom is 0.303 e. The van der Waals surface area contributed by atoms with Gasteiger partial charge in [-0.2, -0.15) is 0 Å². The SMILES string of the molecule is CC(C)N.CC(C)N.O=C(O)CCCCCCCC(=O)O. The molecular weight excluding hydrogens is 272 g/mol. The van der Waals surface area contributed by atoms with Gasteiger partial charge in [-0.05, 0) is 24.9 Å². The Balaban J connectivity index is -0.000000334. The molecule has 0 bridgehead atoms. The topological polar surface area (TPSA) is 127 Å². The molecule has 0 saturated heterocycles. The summed E-state index contributed by atoms with van der Waals surface area (Å²) in [5, 5.41) is 16.6. The minimum Gasteiger partial charge on any atom is -0.481 e. The van der Waals surface area contributed by atoms with Gasteiger partial charge in [0.25, 0.3) is 0 Å². The highest BCUT2D eigenvalue weighted by atomic mass is 16.4. The summed E-state index contributed by atoms with van der Waals surface area (Å²) >= 11 is 0. The van der Waals surface area contributed by atoms with Crippen LogP contribution in [-0.2, 0) is 9.59 Å². The largest absolute Gasteiger partial charge is 0.481 e. The van der Waals surface area contributed by atoms with Gasteiger partial charge in [-0.25, -0.2) is 0 Å². The number of rotatable bonds is 8. The van der Waals surface area contributed by atoms with Crippen molar-refractivity contribution in [3.8, 4) is 0 Å². The van der Waals surface area contributed by atoms with Crippen molar-refractivity contribution in [1.29, 1.82) is 0 Å². The van der Waals surface area contributed by atoms with Crippen LogP contribution in [0.1, 0.15) is 72.6 Å². The fourth-order valence-electron chi connectivity index (χ4n) is 1.08. The Kier molecular flexibility index (Phi) is 22.3. The minimum absolute atomic E-state index is 0.221. The summed E-state index contributed by atoms with van der Waals surface area (Å²) in [6.45, 7) is 7.78. The zero-order valence-corrected chi connectivity index (χ0v) is 14.0. The van der Waals surface area contributed by atoms with Gasteiger partial charge in [0, 0.05) is 12.8 Å². The van der Waals surface area contributed by atoms with E-state index in [4.69, 9.17) is 21.7 Å². The quantitative estimate of drug-likeness (QED) is 0.510. The van der Waals surface area contributed by atoms with Crippen LogP contribution < -0.4 is 11.5 Å². The zero-order chi connectivity index (χ0) is 17.3. The average Bonchev–Trinajstić information content (AvgIpc) is 2.25. The van der Waals surface area contributed by atoms with E-state index in [1.165, 1.54) is 0 Å². The molecule has 0 aromatic rings. The van der Waals surface area contributed by atoms with Gasteiger partial charge in [0.15, 0.2) is 0 Å². The van der Waals surface area contributed by atoms with Gasteiger partial charge in [-0.15, -0.1) is 0 Å². The third kappa shape index (κ3) is 68.3. The molecule has 0 radical (unpaired) electrons. The van der Waals surface area contributed by atoms with Gasteiger partial charge in [0.1, 0.15) is 0 Å². The first-order valence-corrected chi connectivity index (χ1v) is 7.54. The normalized spacial score (nSPS) is 9.52. The lowest BCUT2D eigenvalue weighted by Gasteiger charge is -1.97. The van der Waals surface area contributed by atoms with Crippen molar-refractivity contribution in [2.75, 3.05) is 0 Å². The molecule has 0 aliphatic rings. The highest BCUT2D eigenvalue weighted by Gasteiger charge is 1.98. The first kappa shape index (κ1) is 24.9. The number of carboxylic acid groups (broad SMARTS) is 2. The van der Waals surface area contributed by atoms with Crippen molar-refractivity contribution in [3.63, 3.8) is 0 Å². The summed E-state index contributed by atoms with van der Waals surface area (Å²) in [7, 11) is 0. The summed E-state index contributed by atoms with van der Waals surface area (Å²) in [5.74, 6) is -1.52. The molecule has 0 saturated carbocycles. The molecule has 0 unspecified atom stereocenters. The summed E-state index contributed by atoms with van der Waals surface area (Å²) < 4.78 is 0. The van der Waals surface area contributed by atoms with Crippen molar-refractivity contribution < 1.29 is 19.8 Å². The fraction of sp³-hybridized carbons (Fsp3) is 0.867. The molecule has 6 heteroatoms. The van der Waals surface area contributed by atoms with Crippen molar-refractivity contribution in [2.24, 2.45) is 11.5 Å². The van der Waals surface area contributed by atoms with E-state index < -0.39 is 11.9 Å². The lowest BCUT2D eigenvalue weighted by molar-refractivity contribution is -0.138. The molecule has 0 atom stereocenters. The van der Waals surface area contributed by atoms with E-state index in [9.17, 15) is 9.59 Å². The van der Waals surface area contributed by atoms with Crippen LogP contribution in [0.15, 0.2) is 0 Å². The molecule has 0 spiro atoms. The van der Waals surface area contributed by atoms with E-state index in [-0.39, 0.29) is 12.8 Å². The van der Waals surface area contributed by atoms with E-state index in [0.29, 0.717) is 24.9 Å². The van der Waals surface area contributed by atoms with E-state index in [1.807, 2.05) is 27.7 Å². The smallest absolute Gasteiger partial charge is 0.303 e. The second-order valence-corrected chi connectivity index (χ2v) is 5.54. The predicted octanol–water partition coefficient (Wildman–Crippen LogP) is 2.59. The van der Waals surface area contributed by atoms with Gasteiger partial charge in [0.05, 0.1) is 0 Å². The Morgan fingerprint density at radius 2 is 0.905 bits per heavy atom. The summed E-state index contributed by atoms with van der Waals surface area (Å²) in [6, 6.07) is 0.667. The zero-order valence-electron chi connectivity index (χ0n) is 14.0. The van der Waals surface area contributed by atoms with Crippen LogP contribution >= 0.6 is 0 Å². The number of hydrogen-bond acceptors (Lipinski definition) is 4. The molecule has 0 fully saturated rings. The van der Waals surface area contributed by atoms with Crippen molar-refractivity contribution >= 4 is 11.9 Å². The van der Waals surface area contributed by atoms with Gasteiger partial charge < -0.3 is 21.7 Å². The number of aliphatic carboxylic acids is 2. The first-order valence-electron chi connectivity index (χ1n) is 7.54. The molecule has 0 rings (SSSR count). The predicted molar refractivity (Wildman–Crippen MR) is 86.2 cm³/mol. The van der Waals surface area contributed by atoms with Crippen LogP contribution in [0.25, 0.3) is 0 Å². The van der Waals surface area contributed by atoms with Gasteiger partial charge in [-0.3, -0.25) is 9.59 Å². The van der Waals surface area contributed by atoms with Crippen LogP contribution in [0.2, 0.25) is 0 Å². The molecule has 0 heterocycles. The Morgan fingerprint density at radius 1 is 0.714 bits per heavy atom. The second kappa shape index (κ2) is 18.9. The summed E-state index contributed by atoms with van der Waals surface area (Å²) in [6.07, 6.45) is 4.53. The van der Waals surface area contributed by atoms with E-state index in [1.54, 1.807) is 0 Å². The van der Waals surface area contributed by atoms with Crippen LogP contribution in [0.3, 0.4) is 0 Å². The summed E-state index contributed by atoms with van der Waals surface area (Å²) in [4.78, 5) is 20.2. The van der Waals surface area contributed by atoms with Crippen LogP contribution in [0, 0.1) is 0 Å². The van der Waals surface area contributed by atoms with Crippen molar-refractivity contribution in [2.45, 2.75) is 84.7 Å². The molecule has 21 heavy (non-hydrogen) atoms. The number of unbranched alkanes of at least 4 members (excludes halogenated alkanes) is 4. The van der Waals surface area contributed by atoms with Crippen LogP contribution in [0.4, 0.5) is 0 Å². The van der Waals surface area contributed by atoms with Gasteiger partial charge in [-0.1, -0.05) is 47.0 Å². The molecule has 0 aliphatic heterocycles. The average molecular weight is 306 g/mol. The van der Waals surface area contributed by atoms with Gasteiger partial charge >= 0.3 is 11.9 Å². The Bertz CT molecular complexity index is 214. The Labute approximate surface area is 128 Å². The van der Waals surface area contributed by atoms with E-state index in [2.05, 4.69) is 0 Å². The lowest BCUT2D eigenvalue weighted by Crippen LogP contribution is -2.07. The van der Waals surface area contributed by atoms with Gasteiger partial charge in [0.2, 0.25) is 0 Å². The molecule has 0 aromatic carbocycles. The van der Waals surface area contributed by atoms with Crippen molar-refractivity contribution in [1.82, 2.24) is 0 Å². The number of carbonyl (C=O) groups is 2. The maximum absolute atomic E-state index is 10.1.